The molecule has 0 aliphatic heterocycles. The number of benzene rings is 3. The Labute approximate surface area is 221 Å². The van der Waals surface area contributed by atoms with E-state index < -0.39 is 47.2 Å². The number of hydrogen-bond donors (Lipinski definition) is 3. The Kier molecular flexibility index (Phi) is 9.13. The molecule has 0 fully saturated rings. The summed E-state index contributed by atoms with van der Waals surface area (Å²) in [5.74, 6) is -1.58. The van der Waals surface area contributed by atoms with E-state index in [1.54, 1.807) is 0 Å². The van der Waals surface area contributed by atoms with Gasteiger partial charge in [0.1, 0.15) is 26.0 Å². The van der Waals surface area contributed by atoms with Gasteiger partial charge in [-0.25, -0.2) is 16.8 Å². The van der Waals surface area contributed by atoms with Gasteiger partial charge in [-0.15, -0.1) is 0 Å². The van der Waals surface area contributed by atoms with Crippen LogP contribution in [0.15, 0.2) is 58.3 Å². The van der Waals surface area contributed by atoms with Gasteiger partial charge < -0.3 is 25.3 Å². The van der Waals surface area contributed by atoms with Crippen LogP contribution in [0.5, 0.6) is 5.75 Å². The summed E-state index contributed by atoms with van der Waals surface area (Å²) in [5, 5.41) is 12.7. The first kappa shape index (κ1) is 27.8. The number of hydrogen-bond acceptors (Lipinski definition) is 9. The van der Waals surface area contributed by atoms with Crippen LogP contribution in [0.3, 0.4) is 0 Å². The minimum atomic E-state index is -5.01. The van der Waals surface area contributed by atoms with E-state index in [1.807, 2.05) is 0 Å². The fourth-order valence-electron chi connectivity index (χ4n) is 2.75. The van der Waals surface area contributed by atoms with Crippen molar-refractivity contribution in [2.45, 2.75) is 9.79 Å². The molecule has 0 radical (unpaired) electrons. The fraction of sp³-hybridized carbons (Fsp3) is 0. The fourth-order valence-corrected chi connectivity index (χ4v) is 3.99. The average molecular weight is 482 g/mol. The summed E-state index contributed by atoms with van der Waals surface area (Å²) in [5.41, 5.74) is 4.96. The Morgan fingerprint density at radius 2 is 1.58 bits per heavy atom. The Balaban J connectivity index is 0.00000240. The number of rotatable bonds is 4. The van der Waals surface area contributed by atoms with Gasteiger partial charge in [-0.1, -0.05) is 12.1 Å². The Bertz CT molecular complexity index is 1380. The number of nitrogens with two attached hydrogens (primary N) is 1. The van der Waals surface area contributed by atoms with E-state index in [1.165, 1.54) is 24.3 Å². The molecule has 3 aromatic carbocycles. The van der Waals surface area contributed by atoms with Crippen molar-refractivity contribution in [3.8, 4) is 5.75 Å². The molecule has 14 heteroatoms. The van der Waals surface area contributed by atoms with Gasteiger partial charge in [-0.2, -0.15) is 0 Å². The summed E-state index contributed by atoms with van der Waals surface area (Å²) in [7, 11) is -9.84. The first-order chi connectivity index (χ1) is 13.4. The number of aromatic hydroxyl groups is 1. The molecule has 0 atom stereocenters. The molecule has 0 spiro atoms. The summed E-state index contributed by atoms with van der Waals surface area (Å²) in [6.07, 6.45) is 0. The van der Waals surface area contributed by atoms with Crippen LogP contribution in [0.1, 0.15) is 10.4 Å². The molecule has 0 unspecified atom stereocenters. The molecule has 0 bridgehead atoms. The Hall–Kier alpha value is -1.19. The van der Waals surface area contributed by atoms with E-state index in [0.717, 1.165) is 24.3 Å². The van der Waals surface area contributed by atoms with Gasteiger partial charge in [0.25, 0.3) is 5.91 Å². The minimum Gasteiger partial charge on any atom is -0.744 e. The summed E-state index contributed by atoms with van der Waals surface area (Å²) in [6.45, 7) is 0. The average Bonchev–Trinajstić information content (AvgIpc) is 2.59. The zero-order valence-electron chi connectivity index (χ0n) is 16.3. The van der Waals surface area contributed by atoms with Gasteiger partial charge in [0.05, 0.1) is 21.0 Å². The van der Waals surface area contributed by atoms with E-state index in [9.17, 15) is 35.8 Å². The van der Waals surface area contributed by atoms with Crippen molar-refractivity contribution in [2.75, 3.05) is 11.1 Å². The molecule has 3 aromatic rings. The number of amides is 1. The number of anilines is 2. The second-order valence-corrected chi connectivity index (χ2v) is 8.69. The van der Waals surface area contributed by atoms with Crippen LogP contribution in [0.4, 0.5) is 11.4 Å². The third-order valence-corrected chi connectivity index (χ3v) is 5.68. The van der Waals surface area contributed by atoms with E-state index in [-0.39, 0.29) is 81.3 Å². The van der Waals surface area contributed by atoms with Gasteiger partial charge in [0, 0.05) is 11.1 Å². The molecular weight excluding hydrogens is 470 g/mol. The molecule has 0 heterocycles. The molecule has 0 saturated heterocycles. The van der Waals surface area contributed by atoms with Crippen LogP contribution >= 0.6 is 0 Å². The summed E-state index contributed by atoms with van der Waals surface area (Å²) in [4.78, 5) is 11.1. The molecule has 0 saturated carbocycles. The van der Waals surface area contributed by atoms with Crippen LogP contribution in [0, 0.1) is 0 Å². The van der Waals surface area contributed by atoms with Crippen molar-refractivity contribution in [1.82, 2.24) is 0 Å². The maximum Gasteiger partial charge on any atom is 1.00 e. The predicted octanol–water partition coefficient (Wildman–Crippen LogP) is -4.80. The molecule has 4 N–H and O–H groups in total. The molecule has 31 heavy (non-hydrogen) atoms. The number of carbonyl (C=O) groups excluding carboxylic acids is 1. The normalized spacial score (nSPS) is 11.3. The number of phenols is 1. The van der Waals surface area contributed by atoms with Crippen LogP contribution in [-0.4, -0.2) is 37.0 Å². The van der Waals surface area contributed by atoms with Crippen molar-refractivity contribution in [3.63, 3.8) is 0 Å². The third kappa shape index (κ3) is 6.20. The maximum atomic E-state index is 12.6. The van der Waals surface area contributed by atoms with E-state index in [0.29, 0.717) is 0 Å². The maximum absolute atomic E-state index is 12.6. The molecule has 3 rings (SSSR count). The second-order valence-electron chi connectivity index (χ2n) is 5.96. The Morgan fingerprint density at radius 3 is 2.16 bits per heavy atom. The van der Waals surface area contributed by atoms with Crippen LogP contribution < -0.4 is 70.2 Å². The standard InChI is InChI=1S/C17H14N2O8S2.2Na/c18-10-4-5-12(15(7-10)29(25,26)27)17(21)19-13-3-1-2-9-6-11(28(22,23)24)8-14(20)16(9)13;;/h1-8,20H,18H2,(H,19,21)(H,22,23,24)(H,25,26,27);;/q;2*+1/p-2. The van der Waals surface area contributed by atoms with E-state index in [4.69, 9.17) is 5.73 Å². The Morgan fingerprint density at radius 1 is 0.935 bits per heavy atom. The van der Waals surface area contributed by atoms with Crippen molar-refractivity contribution in [1.29, 1.82) is 0 Å². The quantitative estimate of drug-likeness (QED) is 0.186. The molecular formula is C17H12N2Na2O8S2. The van der Waals surface area contributed by atoms with Gasteiger partial charge in [0.2, 0.25) is 0 Å². The predicted molar refractivity (Wildman–Crippen MR) is 100 cm³/mol. The zero-order chi connectivity index (χ0) is 21.6. The number of carbonyl (C=O) groups is 1. The first-order valence-electron chi connectivity index (χ1n) is 7.76. The summed E-state index contributed by atoms with van der Waals surface area (Å²) < 4.78 is 67.9. The van der Waals surface area contributed by atoms with Gasteiger partial charge in [-0.05, 0) is 41.8 Å². The van der Waals surface area contributed by atoms with Crippen LogP contribution in [-0.2, 0) is 20.2 Å². The number of fused-ring (bicyclic) bond motifs is 1. The first-order valence-corrected chi connectivity index (χ1v) is 10.6. The van der Waals surface area contributed by atoms with Crippen molar-refractivity contribution < 1.29 is 95.0 Å². The number of phenolic OH excluding ortho intramolecular Hbond substituents is 1. The monoisotopic (exact) mass is 482 g/mol. The van der Waals surface area contributed by atoms with E-state index in [2.05, 4.69) is 5.32 Å². The van der Waals surface area contributed by atoms with Crippen molar-refractivity contribution >= 4 is 48.3 Å². The molecule has 0 aromatic heterocycles. The third-order valence-electron chi connectivity index (χ3n) is 3.99. The van der Waals surface area contributed by atoms with Crippen molar-refractivity contribution in [2.24, 2.45) is 0 Å². The molecule has 10 nitrogen and oxygen atoms in total. The molecule has 0 aliphatic rings. The number of nitrogens with one attached hydrogen (secondary N) is 1. The van der Waals surface area contributed by atoms with Gasteiger partial charge in [-0.3, -0.25) is 4.79 Å². The summed E-state index contributed by atoms with van der Waals surface area (Å²) >= 11 is 0. The van der Waals surface area contributed by atoms with Crippen LogP contribution in [0.2, 0.25) is 0 Å². The minimum absolute atomic E-state index is 0. The topological polar surface area (TPSA) is 190 Å². The molecule has 1 amide bonds. The SMILES string of the molecule is Nc1ccc(C(=O)Nc2cccc3cc(S(=O)(=O)[O-])cc(O)c23)c(S(=O)(=O)[O-])c1.[Na+].[Na+]. The zero-order valence-corrected chi connectivity index (χ0v) is 22.0. The second kappa shape index (κ2) is 10.2. The van der Waals surface area contributed by atoms with Crippen LogP contribution in [0.25, 0.3) is 10.8 Å². The number of nitrogen functional groups attached to an aromatic ring is 1. The van der Waals surface area contributed by atoms with Gasteiger partial charge in [0.15, 0.2) is 0 Å². The summed E-state index contributed by atoms with van der Waals surface area (Å²) in [6, 6.07) is 9.05. The molecule has 0 aliphatic carbocycles. The van der Waals surface area contributed by atoms with Crippen molar-refractivity contribution in [3.05, 3.63) is 54.1 Å². The largest absolute Gasteiger partial charge is 1.00 e. The molecule has 152 valence electrons. The van der Waals surface area contributed by atoms with E-state index >= 15 is 0 Å². The smallest absolute Gasteiger partial charge is 0.744 e. The van der Waals surface area contributed by atoms with Gasteiger partial charge >= 0.3 is 59.1 Å².